The van der Waals surface area contributed by atoms with Gasteiger partial charge in [-0.25, -0.2) is 4.79 Å². The van der Waals surface area contributed by atoms with Crippen LogP contribution in [-0.4, -0.2) is 28.2 Å². The second kappa shape index (κ2) is 6.24. The van der Waals surface area contributed by atoms with Crippen LogP contribution in [-0.2, 0) is 0 Å². The van der Waals surface area contributed by atoms with Crippen LogP contribution in [0.3, 0.4) is 0 Å². The Kier molecular flexibility index (Phi) is 4.17. The number of aliphatic hydroxyl groups excluding tert-OH is 1. The largest absolute Gasteiger partial charge is 0.391 e. The van der Waals surface area contributed by atoms with E-state index in [1.807, 2.05) is 36.4 Å². The van der Waals surface area contributed by atoms with Gasteiger partial charge in [0.05, 0.1) is 11.8 Å². The lowest BCUT2D eigenvalue weighted by molar-refractivity contribution is 0.150. The van der Waals surface area contributed by atoms with Crippen LogP contribution in [0.4, 0.5) is 9.80 Å². The molecule has 5 nitrogen and oxygen atoms in total. The maximum Gasteiger partial charge on any atom is 0.319 e. The molecule has 1 fully saturated rings. The summed E-state index contributed by atoms with van der Waals surface area (Å²) in [5.74, 6) is 0.360. The van der Waals surface area contributed by atoms with E-state index >= 15 is 0 Å². The van der Waals surface area contributed by atoms with Crippen molar-refractivity contribution in [1.82, 2.24) is 9.69 Å². The Hall–Kier alpha value is -1.92. The summed E-state index contributed by atoms with van der Waals surface area (Å²) in [7, 11) is 0. The van der Waals surface area contributed by atoms with Gasteiger partial charge in [-0.3, -0.25) is 5.32 Å². The minimum Gasteiger partial charge on any atom is -0.391 e. The highest BCUT2D eigenvalue weighted by atomic mass is 32.1. The molecule has 1 heterocycles. The van der Waals surface area contributed by atoms with Crippen molar-refractivity contribution in [3.05, 3.63) is 36.4 Å². The molecule has 0 radical (unpaired) electrons. The normalized spacial score (nSPS) is 15.5. The van der Waals surface area contributed by atoms with Gasteiger partial charge in [0.2, 0.25) is 0 Å². The van der Waals surface area contributed by atoms with Crippen LogP contribution in [0, 0.1) is 5.92 Å². The van der Waals surface area contributed by atoms with Crippen LogP contribution < -0.4 is 10.6 Å². The van der Waals surface area contributed by atoms with E-state index in [1.54, 1.807) is 0 Å². The van der Waals surface area contributed by atoms with Crippen LogP contribution in [0.15, 0.2) is 36.4 Å². The maximum absolute atomic E-state index is 11.8. The number of nitrogens with one attached hydrogen (secondary N) is 2. The molecule has 6 heteroatoms. The van der Waals surface area contributed by atoms with Crippen molar-refractivity contribution in [3.8, 4) is 11.3 Å². The highest BCUT2D eigenvalue weighted by molar-refractivity contribution is 7.10. The number of hydrogen-bond donors (Lipinski definition) is 3. The molecular formula is C15H17N3O2S. The van der Waals surface area contributed by atoms with Gasteiger partial charge in [-0.1, -0.05) is 30.3 Å². The maximum atomic E-state index is 11.8. The third kappa shape index (κ3) is 3.80. The number of aliphatic hydroxyl groups is 1. The molecule has 2 amide bonds. The minimum absolute atomic E-state index is 0.293. The summed E-state index contributed by atoms with van der Waals surface area (Å²) in [5, 5.41) is 15.8. The van der Waals surface area contributed by atoms with E-state index in [-0.39, 0.29) is 6.03 Å². The fraction of sp³-hybridized carbons (Fsp3) is 0.333. The Morgan fingerprint density at radius 2 is 2.14 bits per heavy atom. The van der Waals surface area contributed by atoms with Crippen molar-refractivity contribution in [2.24, 2.45) is 5.92 Å². The number of rotatable bonds is 5. The molecule has 0 unspecified atom stereocenters. The number of carbonyl (C=O) groups is 1. The highest BCUT2D eigenvalue weighted by Gasteiger charge is 2.29. The van der Waals surface area contributed by atoms with E-state index in [2.05, 4.69) is 15.0 Å². The third-order valence-corrected chi connectivity index (χ3v) is 4.16. The van der Waals surface area contributed by atoms with Gasteiger partial charge >= 0.3 is 6.03 Å². The lowest BCUT2D eigenvalue weighted by atomic mass is 10.2. The van der Waals surface area contributed by atoms with Crippen molar-refractivity contribution in [2.75, 3.05) is 11.9 Å². The van der Waals surface area contributed by atoms with Gasteiger partial charge in [0.25, 0.3) is 0 Å². The molecule has 2 aromatic rings. The molecule has 3 N–H and O–H groups in total. The minimum atomic E-state index is -0.433. The van der Waals surface area contributed by atoms with Crippen LogP contribution >= 0.6 is 11.5 Å². The topological polar surface area (TPSA) is 74.2 Å². The van der Waals surface area contributed by atoms with Crippen molar-refractivity contribution in [1.29, 1.82) is 0 Å². The van der Waals surface area contributed by atoms with Gasteiger partial charge in [0.15, 0.2) is 0 Å². The second-order valence-electron chi connectivity index (χ2n) is 5.18. The summed E-state index contributed by atoms with van der Waals surface area (Å²) in [6.07, 6.45) is 1.68. The van der Waals surface area contributed by atoms with Crippen molar-refractivity contribution in [3.63, 3.8) is 0 Å². The number of urea groups is 1. The molecule has 3 rings (SSSR count). The van der Waals surface area contributed by atoms with E-state index in [0.29, 0.717) is 17.5 Å². The first-order valence-electron chi connectivity index (χ1n) is 6.97. The Labute approximate surface area is 127 Å². The predicted octanol–water partition coefficient (Wildman–Crippen LogP) is 2.70. The van der Waals surface area contributed by atoms with Crippen molar-refractivity contribution in [2.45, 2.75) is 18.9 Å². The number of amides is 2. The van der Waals surface area contributed by atoms with Crippen LogP contribution in [0.25, 0.3) is 11.3 Å². The van der Waals surface area contributed by atoms with Gasteiger partial charge in [-0.05, 0) is 30.3 Å². The fourth-order valence-corrected chi connectivity index (χ4v) is 2.74. The van der Waals surface area contributed by atoms with Crippen molar-refractivity contribution >= 4 is 22.6 Å². The monoisotopic (exact) mass is 303 g/mol. The van der Waals surface area contributed by atoms with Crippen LogP contribution in [0.1, 0.15) is 12.8 Å². The Morgan fingerprint density at radius 3 is 2.86 bits per heavy atom. The third-order valence-electron chi connectivity index (χ3n) is 3.45. The summed E-state index contributed by atoms with van der Waals surface area (Å²) in [5.41, 5.74) is 1.86. The van der Waals surface area contributed by atoms with Gasteiger partial charge in [-0.15, -0.1) is 0 Å². The molecule has 1 aliphatic carbocycles. The number of hydrogen-bond acceptors (Lipinski definition) is 4. The fourth-order valence-electron chi connectivity index (χ4n) is 2.08. The lowest BCUT2D eigenvalue weighted by Crippen LogP contribution is -2.35. The Morgan fingerprint density at radius 1 is 1.38 bits per heavy atom. The zero-order valence-corrected chi connectivity index (χ0v) is 12.3. The molecule has 1 atom stereocenters. The van der Waals surface area contributed by atoms with E-state index in [1.165, 1.54) is 11.5 Å². The molecule has 110 valence electrons. The number of carbonyl (C=O) groups excluding carboxylic acids is 1. The molecule has 1 saturated carbocycles. The predicted molar refractivity (Wildman–Crippen MR) is 83.3 cm³/mol. The molecule has 1 aromatic heterocycles. The Balaban J connectivity index is 1.53. The molecule has 0 spiro atoms. The van der Waals surface area contributed by atoms with E-state index in [0.717, 1.165) is 24.1 Å². The summed E-state index contributed by atoms with van der Waals surface area (Å²) < 4.78 is 4.32. The molecular weight excluding hydrogens is 286 g/mol. The summed E-state index contributed by atoms with van der Waals surface area (Å²) in [4.78, 5) is 11.8. The summed E-state index contributed by atoms with van der Waals surface area (Å²) in [6.45, 7) is 0.293. The second-order valence-corrected chi connectivity index (χ2v) is 5.99. The molecule has 0 aliphatic heterocycles. The molecule has 1 aliphatic rings. The van der Waals surface area contributed by atoms with E-state index < -0.39 is 6.10 Å². The van der Waals surface area contributed by atoms with Gasteiger partial charge < -0.3 is 10.4 Å². The van der Waals surface area contributed by atoms with Crippen LogP contribution in [0.2, 0.25) is 0 Å². The summed E-state index contributed by atoms with van der Waals surface area (Å²) >= 11 is 1.24. The van der Waals surface area contributed by atoms with Gasteiger partial charge in [-0.2, -0.15) is 4.37 Å². The summed E-state index contributed by atoms with van der Waals surface area (Å²) in [6, 6.07) is 11.3. The first kappa shape index (κ1) is 14.0. The number of aromatic nitrogens is 1. The zero-order chi connectivity index (χ0) is 14.7. The SMILES string of the molecule is O=C(NC[C@H](O)C1CC1)Nc1cc(-c2ccccc2)ns1. The standard InChI is InChI=1S/C15H17N3O2S/c19-13(11-6-7-11)9-16-15(20)17-14-8-12(18-21-14)10-4-2-1-3-5-10/h1-5,8,11,13,19H,6-7,9H2,(H2,16,17,20)/t13-/m0/s1. The first-order valence-corrected chi connectivity index (χ1v) is 7.75. The quantitative estimate of drug-likeness (QED) is 0.795. The zero-order valence-electron chi connectivity index (χ0n) is 11.5. The number of anilines is 1. The van der Waals surface area contributed by atoms with Gasteiger partial charge in [0.1, 0.15) is 5.00 Å². The average Bonchev–Trinajstić information content (AvgIpc) is 3.26. The van der Waals surface area contributed by atoms with E-state index in [4.69, 9.17) is 0 Å². The first-order chi connectivity index (χ1) is 10.2. The Bertz CT molecular complexity index is 610. The number of nitrogens with zero attached hydrogens (tertiary/aromatic N) is 1. The molecule has 1 aromatic carbocycles. The molecule has 0 bridgehead atoms. The lowest BCUT2D eigenvalue weighted by Gasteiger charge is -2.10. The molecule has 21 heavy (non-hydrogen) atoms. The van der Waals surface area contributed by atoms with Crippen LogP contribution in [0.5, 0.6) is 0 Å². The smallest absolute Gasteiger partial charge is 0.319 e. The molecule has 0 saturated heterocycles. The highest BCUT2D eigenvalue weighted by Crippen LogP contribution is 2.32. The van der Waals surface area contributed by atoms with Crippen molar-refractivity contribution < 1.29 is 9.90 Å². The average molecular weight is 303 g/mol. The van der Waals surface area contributed by atoms with Gasteiger partial charge in [0, 0.05) is 18.2 Å². The number of benzene rings is 1. The van der Waals surface area contributed by atoms with E-state index in [9.17, 15) is 9.90 Å².